The SMILES string of the molecule is CCC1(C)C=CC(C=N)=CC1. The zero-order chi connectivity index (χ0) is 8.32. The maximum Gasteiger partial charge on any atom is 0.0246 e. The highest BCUT2D eigenvalue weighted by atomic mass is 14.3. The van der Waals surface area contributed by atoms with E-state index in [0.717, 1.165) is 12.0 Å². The highest BCUT2D eigenvalue weighted by molar-refractivity contribution is 5.80. The Morgan fingerprint density at radius 1 is 1.73 bits per heavy atom. The molecule has 0 saturated heterocycles. The van der Waals surface area contributed by atoms with E-state index in [1.807, 2.05) is 6.08 Å². The van der Waals surface area contributed by atoms with Crippen LogP contribution in [0.2, 0.25) is 0 Å². The molecule has 1 heteroatoms. The number of hydrogen-bond donors (Lipinski definition) is 1. The van der Waals surface area contributed by atoms with E-state index < -0.39 is 0 Å². The smallest absolute Gasteiger partial charge is 0.0246 e. The Balaban J connectivity index is 2.70. The Labute approximate surface area is 68.3 Å². The van der Waals surface area contributed by atoms with Crippen LogP contribution < -0.4 is 0 Å². The van der Waals surface area contributed by atoms with Crippen molar-refractivity contribution in [3.8, 4) is 0 Å². The number of nitrogens with one attached hydrogen (secondary N) is 1. The van der Waals surface area contributed by atoms with Crippen LogP contribution in [0.15, 0.2) is 23.8 Å². The molecule has 1 nitrogen and oxygen atoms in total. The number of rotatable bonds is 2. The molecule has 0 fully saturated rings. The summed E-state index contributed by atoms with van der Waals surface area (Å²) in [6, 6.07) is 0. The van der Waals surface area contributed by atoms with E-state index in [2.05, 4.69) is 26.0 Å². The lowest BCUT2D eigenvalue weighted by Gasteiger charge is -2.25. The second-order valence-electron chi connectivity index (χ2n) is 3.39. The van der Waals surface area contributed by atoms with Crippen LogP contribution in [0.25, 0.3) is 0 Å². The van der Waals surface area contributed by atoms with Gasteiger partial charge >= 0.3 is 0 Å². The number of hydrogen-bond acceptors (Lipinski definition) is 1. The van der Waals surface area contributed by atoms with Gasteiger partial charge in [-0.25, -0.2) is 0 Å². The highest BCUT2D eigenvalue weighted by Gasteiger charge is 2.18. The molecule has 1 atom stereocenters. The lowest BCUT2D eigenvalue weighted by Crippen LogP contribution is -2.13. The van der Waals surface area contributed by atoms with E-state index >= 15 is 0 Å². The van der Waals surface area contributed by atoms with Gasteiger partial charge in [0.25, 0.3) is 0 Å². The van der Waals surface area contributed by atoms with Crippen LogP contribution in [0.4, 0.5) is 0 Å². The quantitative estimate of drug-likeness (QED) is 0.584. The summed E-state index contributed by atoms with van der Waals surface area (Å²) in [5.41, 5.74) is 1.38. The fourth-order valence-electron chi connectivity index (χ4n) is 1.15. The maximum atomic E-state index is 7.04. The van der Waals surface area contributed by atoms with Crippen molar-refractivity contribution in [1.29, 1.82) is 5.41 Å². The number of allylic oxidation sites excluding steroid dienone is 4. The average molecular weight is 149 g/mol. The monoisotopic (exact) mass is 149 g/mol. The zero-order valence-corrected chi connectivity index (χ0v) is 7.22. The first-order valence-corrected chi connectivity index (χ1v) is 4.10. The fourth-order valence-corrected chi connectivity index (χ4v) is 1.15. The second kappa shape index (κ2) is 3.04. The third kappa shape index (κ3) is 1.79. The van der Waals surface area contributed by atoms with Gasteiger partial charge in [-0.2, -0.15) is 0 Å². The Morgan fingerprint density at radius 2 is 2.45 bits per heavy atom. The summed E-state index contributed by atoms with van der Waals surface area (Å²) in [5, 5.41) is 7.04. The molecular weight excluding hydrogens is 134 g/mol. The minimum atomic E-state index is 0.340. The predicted molar refractivity (Wildman–Crippen MR) is 49.0 cm³/mol. The first kappa shape index (κ1) is 8.25. The van der Waals surface area contributed by atoms with Gasteiger partial charge in [-0.3, -0.25) is 0 Å². The Kier molecular flexibility index (Phi) is 2.28. The van der Waals surface area contributed by atoms with Gasteiger partial charge in [0.1, 0.15) is 0 Å². The summed E-state index contributed by atoms with van der Waals surface area (Å²) < 4.78 is 0. The molecule has 0 aromatic heterocycles. The van der Waals surface area contributed by atoms with Crippen molar-refractivity contribution in [3.05, 3.63) is 23.8 Å². The van der Waals surface area contributed by atoms with Gasteiger partial charge in [0.05, 0.1) is 0 Å². The third-order valence-electron chi connectivity index (χ3n) is 2.46. The molecule has 0 radical (unpaired) electrons. The molecule has 1 aliphatic rings. The standard InChI is InChI=1S/C10H15N/c1-3-10(2)6-4-9(8-11)5-7-10/h4-6,8,11H,3,7H2,1-2H3. The van der Waals surface area contributed by atoms with Crippen LogP contribution in [0, 0.1) is 10.8 Å². The lowest BCUT2D eigenvalue weighted by atomic mass is 9.80. The average Bonchev–Trinajstić information content (AvgIpc) is 2.06. The molecule has 60 valence electrons. The molecule has 0 aromatic carbocycles. The topological polar surface area (TPSA) is 23.9 Å². The highest BCUT2D eigenvalue weighted by Crippen LogP contribution is 2.31. The van der Waals surface area contributed by atoms with Crippen molar-refractivity contribution < 1.29 is 0 Å². The fraction of sp³-hybridized carbons (Fsp3) is 0.500. The van der Waals surface area contributed by atoms with Crippen LogP contribution in [-0.2, 0) is 0 Å². The Bertz CT molecular complexity index is 213. The van der Waals surface area contributed by atoms with Crippen molar-refractivity contribution in [2.75, 3.05) is 0 Å². The van der Waals surface area contributed by atoms with Crippen LogP contribution >= 0.6 is 0 Å². The molecule has 1 N–H and O–H groups in total. The lowest BCUT2D eigenvalue weighted by molar-refractivity contribution is 0.413. The third-order valence-corrected chi connectivity index (χ3v) is 2.46. The first-order chi connectivity index (χ1) is 5.20. The van der Waals surface area contributed by atoms with Crippen LogP contribution in [-0.4, -0.2) is 6.21 Å². The molecule has 0 aromatic rings. The minimum absolute atomic E-state index is 0.340. The largest absolute Gasteiger partial charge is 0.308 e. The summed E-state index contributed by atoms with van der Waals surface area (Å²) in [7, 11) is 0. The Morgan fingerprint density at radius 3 is 2.82 bits per heavy atom. The van der Waals surface area contributed by atoms with Crippen LogP contribution in [0.5, 0.6) is 0 Å². The summed E-state index contributed by atoms with van der Waals surface area (Å²) in [6.45, 7) is 4.45. The minimum Gasteiger partial charge on any atom is -0.308 e. The molecule has 0 aliphatic heterocycles. The molecule has 0 amide bonds. The van der Waals surface area contributed by atoms with Crippen LogP contribution in [0.1, 0.15) is 26.7 Å². The maximum absolute atomic E-state index is 7.04. The van der Waals surface area contributed by atoms with Gasteiger partial charge < -0.3 is 5.41 Å². The van der Waals surface area contributed by atoms with Gasteiger partial charge in [0.15, 0.2) is 0 Å². The van der Waals surface area contributed by atoms with E-state index in [1.54, 1.807) is 0 Å². The van der Waals surface area contributed by atoms with Crippen molar-refractivity contribution in [3.63, 3.8) is 0 Å². The molecular formula is C10H15N. The summed E-state index contributed by atoms with van der Waals surface area (Å²) in [4.78, 5) is 0. The molecule has 0 heterocycles. The van der Waals surface area contributed by atoms with Crippen molar-refractivity contribution in [2.45, 2.75) is 26.7 Å². The zero-order valence-electron chi connectivity index (χ0n) is 7.22. The van der Waals surface area contributed by atoms with Crippen molar-refractivity contribution >= 4 is 6.21 Å². The molecule has 1 unspecified atom stereocenters. The summed E-state index contributed by atoms with van der Waals surface area (Å²) >= 11 is 0. The summed E-state index contributed by atoms with van der Waals surface area (Å²) in [6.07, 6.45) is 10.0. The molecule has 11 heavy (non-hydrogen) atoms. The van der Waals surface area contributed by atoms with E-state index in [0.29, 0.717) is 5.41 Å². The first-order valence-electron chi connectivity index (χ1n) is 4.10. The van der Waals surface area contributed by atoms with Gasteiger partial charge in [-0.15, -0.1) is 0 Å². The molecule has 1 aliphatic carbocycles. The van der Waals surface area contributed by atoms with Gasteiger partial charge in [-0.1, -0.05) is 32.1 Å². The predicted octanol–water partition coefficient (Wildman–Crippen LogP) is 2.94. The Hall–Kier alpha value is -0.850. The second-order valence-corrected chi connectivity index (χ2v) is 3.39. The molecule has 0 spiro atoms. The summed E-state index contributed by atoms with van der Waals surface area (Å²) in [5.74, 6) is 0. The molecule has 0 bridgehead atoms. The normalized spacial score (nSPS) is 29.8. The van der Waals surface area contributed by atoms with E-state index in [4.69, 9.17) is 5.41 Å². The molecule has 1 rings (SSSR count). The van der Waals surface area contributed by atoms with Crippen LogP contribution in [0.3, 0.4) is 0 Å². The molecule has 0 saturated carbocycles. The van der Waals surface area contributed by atoms with Crippen molar-refractivity contribution in [1.82, 2.24) is 0 Å². The van der Waals surface area contributed by atoms with E-state index in [1.165, 1.54) is 12.6 Å². The van der Waals surface area contributed by atoms with Gasteiger partial charge in [0, 0.05) is 6.21 Å². The van der Waals surface area contributed by atoms with Gasteiger partial charge in [-0.05, 0) is 23.8 Å². The van der Waals surface area contributed by atoms with Crippen molar-refractivity contribution in [2.24, 2.45) is 5.41 Å². The van der Waals surface area contributed by atoms with E-state index in [9.17, 15) is 0 Å². The van der Waals surface area contributed by atoms with E-state index in [-0.39, 0.29) is 0 Å². The van der Waals surface area contributed by atoms with Gasteiger partial charge in [0.2, 0.25) is 0 Å².